The Hall–Kier alpha value is -2.32. The molecule has 1 amide bonds. The lowest BCUT2D eigenvalue weighted by molar-refractivity contribution is -0.121. The molecule has 1 heterocycles. The van der Waals surface area contributed by atoms with E-state index in [0.717, 1.165) is 5.56 Å². The van der Waals surface area contributed by atoms with Gasteiger partial charge in [-0.3, -0.25) is 14.7 Å². The Morgan fingerprint density at radius 2 is 2.03 bits per heavy atom. The number of amides is 1. The smallest absolute Gasteiger partial charge is 0.266 e. The molecular formula is C21H20BrFN2O3S. The van der Waals surface area contributed by atoms with Gasteiger partial charge in [-0.1, -0.05) is 18.2 Å². The Balaban J connectivity index is 1.90. The van der Waals surface area contributed by atoms with Gasteiger partial charge in [-0.05, 0) is 64.5 Å². The highest BCUT2D eigenvalue weighted by molar-refractivity contribution is 9.10. The maximum Gasteiger partial charge on any atom is 0.266 e. The molecule has 152 valence electrons. The summed E-state index contributed by atoms with van der Waals surface area (Å²) in [4.78, 5) is 18.6. The SMILES string of the molecule is CCOc1cc(/C=C2\SC(=NC)N(C)C2=O)cc(Br)c1OCc1ccccc1F. The first-order chi connectivity index (χ1) is 13.9. The van der Waals surface area contributed by atoms with Crippen molar-refractivity contribution >= 4 is 44.8 Å². The molecule has 0 radical (unpaired) electrons. The van der Waals surface area contributed by atoms with E-state index in [-0.39, 0.29) is 18.3 Å². The van der Waals surface area contributed by atoms with Gasteiger partial charge in [0.25, 0.3) is 5.91 Å². The molecule has 0 atom stereocenters. The average molecular weight is 479 g/mol. The molecule has 29 heavy (non-hydrogen) atoms. The van der Waals surface area contributed by atoms with E-state index in [4.69, 9.17) is 9.47 Å². The van der Waals surface area contributed by atoms with Crippen molar-refractivity contribution in [1.29, 1.82) is 0 Å². The Morgan fingerprint density at radius 1 is 1.28 bits per heavy atom. The van der Waals surface area contributed by atoms with Crippen LogP contribution in [0.3, 0.4) is 0 Å². The number of benzene rings is 2. The Labute approximate surface area is 181 Å². The molecule has 0 aromatic heterocycles. The van der Waals surface area contributed by atoms with Crippen LogP contribution in [0.2, 0.25) is 0 Å². The fourth-order valence-corrected chi connectivity index (χ4v) is 4.24. The highest BCUT2D eigenvalue weighted by atomic mass is 79.9. The second kappa shape index (κ2) is 9.45. The fraction of sp³-hybridized carbons (Fsp3) is 0.238. The molecule has 1 aliphatic rings. The fourth-order valence-electron chi connectivity index (χ4n) is 2.74. The highest BCUT2D eigenvalue weighted by Gasteiger charge is 2.29. The number of aliphatic imine (C=N–C) groups is 1. The number of ether oxygens (including phenoxy) is 2. The van der Waals surface area contributed by atoms with Crippen LogP contribution in [0.1, 0.15) is 18.1 Å². The van der Waals surface area contributed by atoms with Crippen LogP contribution in [-0.2, 0) is 11.4 Å². The van der Waals surface area contributed by atoms with Crippen LogP contribution in [0.15, 0.2) is 50.8 Å². The summed E-state index contributed by atoms with van der Waals surface area (Å²) in [5.41, 5.74) is 1.23. The number of hydrogen-bond acceptors (Lipinski definition) is 5. The minimum atomic E-state index is -0.322. The van der Waals surface area contributed by atoms with E-state index in [0.29, 0.717) is 38.2 Å². The van der Waals surface area contributed by atoms with Gasteiger partial charge in [-0.15, -0.1) is 0 Å². The molecule has 0 spiro atoms. The van der Waals surface area contributed by atoms with E-state index < -0.39 is 0 Å². The van der Waals surface area contributed by atoms with Crippen LogP contribution in [0, 0.1) is 5.82 Å². The number of amidine groups is 1. The standard InChI is InChI=1S/C21H20BrFN2O3S/c1-4-27-17-10-13(11-18-20(26)25(3)21(24-2)29-18)9-15(22)19(17)28-12-14-7-5-6-8-16(14)23/h5-11H,4,12H2,1-3H3/b18-11-,24-21?. The van der Waals surface area contributed by atoms with E-state index in [1.165, 1.54) is 22.7 Å². The largest absolute Gasteiger partial charge is 0.490 e. The Kier molecular flexibility index (Phi) is 6.97. The molecule has 0 saturated carbocycles. The predicted octanol–water partition coefficient (Wildman–Crippen LogP) is 5.10. The van der Waals surface area contributed by atoms with Crippen LogP contribution >= 0.6 is 27.7 Å². The summed E-state index contributed by atoms with van der Waals surface area (Å²) in [5, 5.41) is 0.648. The van der Waals surface area contributed by atoms with E-state index in [9.17, 15) is 9.18 Å². The number of carbonyl (C=O) groups is 1. The van der Waals surface area contributed by atoms with Crippen molar-refractivity contribution in [1.82, 2.24) is 4.90 Å². The van der Waals surface area contributed by atoms with Crippen LogP contribution in [0.4, 0.5) is 4.39 Å². The molecule has 3 rings (SSSR count). The van der Waals surface area contributed by atoms with Gasteiger partial charge in [-0.2, -0.15) is 0 Å². The molecule has 0 bridgehead atoms. The normalized spacial score (nSPS) is 16.7. The van der Waals surface area contributed by atoms with Gasteiger partial charge in [0.15, 0.2) is 16.7 Å². The molecule has 1 saturated heterocycles. The number of thioether (sulfide) groups is 1. The minimum Gasteiger partial charge on any atom is -0.490 e. The summed E-state index contributed by atoms with van der Waals surface area (Å²) in [5.74, 6) is 0.565. The number of hydrogen-bond donors (Lipinski definition) is 0. The van der Waals surface area contributed by atoms with E-state index in [1.54, 1.807) is 44.4 Å². The molecular weight excluding hydrogens is 459 g/mol. The molecule has 5 nitrogen and oxygen atoms in total. The Bertz CT molecular complexity index is 994. The number of carbonyl (C=O) groups excluding carboxylic acids is 1. The first-order valence-corrected chi connectivity index (χ1v) is 10.5. The Morgan fingerprint density at radius 3 is 2.69 bits per heavy atom. The van der Waals surface area contributed by atoms with Gasteiger partial charge < -0.3 is 9.47 Å². The topological polar surface area (TPSA) is 51.1 Å². The molecule has 1 fully saturated rings. The second-order valence-corrected chi connectivity index (χ2v) is 7.99. The third kappa shape index (κ3) is 4.82. The molecule has 2 aromatic carbocycles. The van der Waals surface area contributed by atoms with Gasteiger partial charge in [-0.25, -0.2) is 4.39 Å². The summed E-state index contributed by atoms with van der Waals surface area (Å²) in [6, 6.07) is 10.1. The lowest BCUT2D eigenvalue weighted by Gasteiger charge is -2.15. The monoisotopic (exact) mass is 478 g/mol. The van der Waals surface area contributed by atoms with E-state index >= 15 is 0 Å². The van der Waals surface area contributed by atoms with Crippen LogP contribution in [0.5, 0.6) is 11.5 Å². The average Bonchev–Trinajstić information content (AvgIpc) is 2.96. The summed E-state index contributed by atoms with van der Waals surface area (Å²) in [6.07, 6.45) is 1.79. The van der Waals surface area contributed by atoms with Crippen molar-refractivity contribution in [3.05, 3.63) is 62.7 Å². The van der Waals surface area contributed by atoms with Crippen molar-refractivity contribution in [2.45, 2.75) is 13.5 Å². The second-order valence-electron chi connectivity index (χ2n) is 6.12. The zero-order valence-electron chi connectivity index (χ0n) is 16.2. The zero-order valence-corrected chi connectivity index (χ0v) is 18.6. The third-order valence-electron chi connectivity index (χ3n) is 4.15. The summed E-state index contributed by atoms with van der Waals surface area (Å²) >= 11 is 4.83. The van der Waals surface area contributed by atoms with Gasteiger partial charge in [0.2, 0.25) is 0 Å². The number of halogens is 2. The molecule has 8 heteroatoms. The highest BCUT2D eigenvalue weighted by Crippen LogP contribution is 2.39. The van der Waals surface area contributed by atoms with Crippen LogP contribution in [-0.4, -0.2) is 36.7 Å². The maximum absolute atomic E-state index is 13.9. The van der Waals surface area contributed by atoms with Gasteiger partial charge in [0.1, 0.15) is 12.4 Å². The summed E-state index contributed by atoms with van der Waals surface area (Å²) in [6.45, 7) is 2.38. The number of nitrogens with zero attached hydrogens (tertiary/aromatic N) is 2. The number of rotatable bonds is 6. The number of likely N-dealkylation sites (N-methyl/N-ethyl adjacent to an activating group) is 1. The molecule has 0 aliphatic carbocycles. The first kappa shape index (κ1) is 21.4. The lowest BCUT2D eigenvalue weighted by atomic mass is 10.1. The van der Waals surface area contributed by atoms with Crippen molar-refractivity contribution in [3.63, 3.8) is 0 Å². The predicted molar refractivity (Wildman–Crippen MR) is 118 cm³/mol. The van der Waals surface area contributed by atoms with Crippen molar-refractivity contribution < 1.29 is 18.7 Å². The third-order valence-corrected chi connectivity index (χ3v) is 5.89. The van der Waals surface area contributed by atoms with E-state index in [2.05, 4.69) is 20.9 Å². The van der Waals surface area contributed by atoms with Crippen molar-refractivity contribution in [2.24, 2.45) is 4.99 Å². The van der Waals surface area contributed by atoms with E-state index in [1.807, 2.05) is 13.0 Å². The van der Waals surface area contributed by atoms with Gasteiger partial charge >= 0.3 is 0 Å². The van der Waals surface area contributed by atoms with Crippen LogP contribution in [0.25, 0.3) is 6.08 Å². The first-order valence-electron chi connectivity index (χ1n) is 8.91. The molecule has 0 unspecified atom stereocenters. The van der Waals surface area contributed by atoms with Crippen LogP contribution < -0.4 is 9.47 Å². The molecule has 2 aromatic rings. The minimum absolute atomic E-state index is 0.0707. The lowest BCUT2D eigenvalue weighted by Crippen LogP contribution is -2.23. The quantitative estimate of drug-likeness (QED) is 0.542. The maximum atomic E-state index is 13.9. The molecule has 0 N–H and O–H groups in total. The summed E-state index contributed by atoms with van der Waals surface area (Å²) < 4.78 is 26.1. The summed E-state index contributed by atoms with van der Waals surface area (Å²) in [7, 11) is 3.35. The van der Waals surface area contributed by atoms with Crippen molar-refractivity contribution in [3.8, 4) is 11.5 Å². The van der Waals surface area contributed by atoms with Gasteiger partial charge in [0.05, 0.1) is 16.0 Å². The van der Waals surface area contributed by atoms with Crippen molar-refractivity contribution in [2.75, 3.05) is 20.7 Å². The zero-order chi connectivity index (χ0) is 21.0. The van der Waals surface area contributed by atoms with Gasteiger partial charge in [0, 0.05) is 19.7 Å². The molecule has 1 aliphatic heterocycles.